The first kappa shape index (κ1) is 13.5. The Balaban J connectivity index is 2.19. The van der Waals surface area contributed by atoms with Gasteiger partial charge in [0.25, 0.3) is 5.91 Å². The van der Waals surface area contributed by atoms with Crippen LogP contribution in [0.25, 0.3) is 0 Å². The summed E-state index contributed by atoms with van der Waals surface area (Å²) in [4.78, 5) is 16.2. The number of nitrogens with one attached hydrogen (secondary N) is 1. The van der Waals surface area contributed by atoms with Crippen molar-refractivity contribution in [1.82, 2.24) is 4.98 Å². The molecule has 98 valence electrons. The van der Waals surface area contributed by atoms with Crippen LogP contribution in [0.5, 0.6) is 5.75 Å². The smallest absolute Gasteiger partial charge is 0.274 e. The third-order valence-electron chi connectivity index (χ3n) is 2.38. The van der Waals surface area contributed by atoms with E-state index in [1.807, 2.05) is 25.1 Å². The largest absolute Gasteiger partial charge is 0.492 e. The van der Waals surface area contributed by atoms with Gasteiger partial charge in [0, 0.05) is 0 Å². The van der Waals surface area contributed by atoms with Gasteiger partial charge >= 0.3 is 0 Å². The highest BCUT2D eigenvalue weighted by Gasteiger charge is 2.10. The van der Waals surface area contributed by atoms with Crippen molar-refractivity contribution < 1.29 is 9.53 Å². The number of nitrogens with zero attached hydrogens (tertiary/aromatic N) is 1. The van der Waals surface area contributed by atoms with Crippen molar-refractivity contribution in [3.8, 4) is 5.75 Å². The lowest BCUT2D eigenvalue weighted by Gasteiger charge is -2.10. The van der Waals surface area contributed by atoms with Crippen LogP contribution in [0.15, 0.2) is 47.1 Å². The molecule has 0 atom stereocenters. The fourth-order valence-electron chi connectivity index (χ4n) is 1.57. The van der Waals surface area contributed by atoms with Gasteiger partial charge in [0.2, 0.25) is 0 Å². The van der Waals surface area contributed by atoms with Crippen LogP contribution in [0.3, 0.4) is 0 Å². The fourth-order valence-corrected chi connectivity index (χ4v) is 1.92. The Morgan fingerprint density at radius 3 is 2.79 bits per heavy atom. The summed E-state index contributed by atoms with van der Waals surface area (Å²) in [5.74, 6) is 0.377. The molecule has 2 aromatic rings. The van der Waals surface area contributed by atoms with E-state index in [9.17, 15) is 4.79 Å². The lowest BCUT2D eigenvalue weighted by molar-refractivity contribution is 0.102. The lowest BCUT2D eigenvalue weighted by Crippen LogP contribution is -2.14. The summed E-state index contributed by atoms with van der Waals surface area (Å²) in [6.07, 6.45) is 0. The molecule has 2 rings (SSSR count). The first-order valence-electron chi connectivity index (χ1n) is 5.86. The number of para-hydroxylation sites is 2. The third kappa shape index (κ3) is 3.54. The molecule has 0 unspecified atom stereocenters. The van der Waals surface area contributed by atoms with Gasteiger partial charge in [-0.15, -0.1) is 0 Å². The van der Waals surface area contributed by atoms with E-state index in [1.54, 1.807) is 24.3 Å². The van der Waals surface area contributed by atoms with Gasteiger partial charge in [-0.25, -0.2) is 4.98 Å². The van der Waals surface area contributed by atoms with Crippen LogP contribution in [0.4, 0.5) is 5.69 Å². The Morgan fingerprint density at radius 2 is 2.05 bits per heavy atom. The number of amides is 1. The summed E-state index contributed by atoms with van der Waals surface area (Å²) in [6, 6.07) is 12.5. The van der Waals surface area contributed by atoms with E-state index in [0.717, 1.165) is 0 Å². The Kier molecular flexibility index (Phi) is 4.52. The summed E-state index contributed by atoms with van der Waals surface area (Å²) in [5, 5.41) is 2.79. The number of pyridine rings is 1. The number of hydrogen-bond acceptors (Lipinski definition) is 3. The van der Waals surface area contributed by atoms with E-state index in [2.05, 4.69) is 26.2 Å². The maximum Gasteiger partial charge on any atom is 0.274 e. The molecule has 1 aromatic carbocycles. The van der Waals surface area contributed by atoms with Gasteiger partial charge in [-0.1, -0.05) is 18.2 Å². The van der Waals surface area contributed by atoms with E-state index in [1.165, 1.54) is 0 Å². The van der Waals surface area contributed by atoms with Crippen molar-refractivity contribution in [2.45, 2.75) is 6.92 Å². The second-order valence-electron chi connectivity index (χ2n) is 3.73. The Morgan fingerprint density at radius 1 is 1.26 bits per heavy atom. The monoisotopic (exact) mass is 320 g/mol. The molecule has 4 nitrogen and oxygen atoms in total. The van der Waals surface area contributed by atoms with Gasteiger partial charge in [0.15, 0.2) is 0 Å². The number of rotatable bonds is 4. The minimum Gasteiger partial charge on any atom is -0.492 e. The number of carbonyl (C=O) groups is 1. The Bertz CT molecular complexity index is 587. The molecular weight excluding hydrogens is 308 g/mol. The Labute approximate surface area is 119 Å². The van der Waals surface area contributed by atoms with E-state index in [0.29, 0.717) is 28.3 Å². The second-order valence-corrected chi connectivity index (χ2v) is 4.54. The molecule has 0 fully saturated rings. The van der Waals surface area contributed by atoms with Gasteiger partial charge < -0.3 is 10.1 Å². The van der Waals surface area contributed by atoms with E-state index >= 15 is 0 Å². The van der Waals surface area contributed by atoms with Crippen molar-refractivity contribution >= 4 is 27.5 Å². The normalized spacial score (nSPS) is 10.0. The highest BCUT2D eigenvalue weighted by atomic mass is 79.9. The van der Waals surface area contributed by atoms with Crippen molar-refractivity contribution in [3.05, 3.63) is 52.8 Å². The zero-order chi connectivity index (χ0) is 13.7. The minimum atomic E-state index is -0.270. The van der Waals surface area contributed by atoms with Crippen molar-refractivity contribution in [3.63, 3.8) is 0 Å². The molecule has 0 saturated carbocycles. The summed E-state index contributed by atoms with van der Waals surface area (Å²) < 4.78 is 6.08. The summed E-state index contributed by atoms with van der Waals surface area (Å²) in [7, 11) is 0. The molecule has 1 aromatic heterocycles. The van der Waals surface area contributed by atoms with Crippen LogP contribution in [0, 0.1) is 0 Å². The van der Waals surface area contributed by atoms with Crippen molar-refractivity contribution in [2.24, 2.45) is 0 Å². The summed E-state index contributed by atoms with van der Waals surface area (Å²) in [5.41, 5.74) is 0.983. The molecule has 0 aliphatic rings. The van der Waals surface area contributed by atoms with Gasteiger partial charge in [-0.05, 0) is 47.1 Å². The average molecular weight is 321 g/mol. The van der Waals surface area contributed by atoms with Gasteiger partial charge in [0.05, 0.1) is 12.3 Å². The number of anilines is 1. The lowest BCUT2D eigenvalue weighted by atomic mass is 10.2. The van der Waals surface area contributed by atoms with Gasteiger partial charge in [-0.2, -0.15) is 0 Å². The zero-order valence-electron chi connectivity index (χ0n) is 10.4. The van der Waals surface area contributed by atoms with Crippen molar-refractivity contribution in [2.75, 3.05) is 11.9 Å². The molecule has 1 heterocycles. The number of carbonyl (C=O) groups excluding carboxylic acids is 1. The van der Waals surface area contributed by atoms with Crippen molar-refractivity contribution in [1.29, 1.82) is 0 Å². The highest BCUT2D eigenvalue weighted by molar-refractivity contribution is 9.10. The van der Waals surface area contributed by atoms with E-state index < -0.39 is 0 Å². The number of benzene rings is 1. The molecule has 0 aliphatic carbocycles. The van der Waals surface area contributed by atoms with Crippen LogP contribution in [0.2, 0.25) is 0 Å². The number of ether oxygens (including phenoxy) is 1. The second kappa shape index (κ2) is 6.33. The predicted octanol–water partition coefficient (Wildman–Crippen LogP) is 3.50. The molecular formula is C14H13BrN2O2. The molecule has 0 saturated heterocycles. The molecule has 0 aliphatic heterocycles. The predicted molar refractivity (Wildman–Crippen MR) is 77.5 cm³/mol. The molecule has 5 heteroatoms. The standard InChI is InChI=1S/C14H13BrN2O2/c1-2-19-12-8-4-3-6-10(12)17-14(18)11-7-5-9-13(15)16-11/h3-9H,2H2,1H3,(H,17,18). The van der Waals surface area contributed by atoms with Crippen LogP contribution in [-0.4, -0.2) is 17.5 Å². The quantitative estimate of drug-likeness (QED) is 0.877. The fraction of sp³-hybridized carbons (Fsp3) is 0.143. The topological polar surface area (TPSA) is 51.2 Å². The van der Waals surface area contributed by atoms with Gasteiger partial charge in [0.1, 0.15) is 16.0 Å². The number of hydrogen-bond donors (Lipinski definition) is 1. The minimum absolute atomic E-state index is 0.270. The maximum atomic E-state index is 12.1. The van der Waals surface area contributed by atoms with E-state index in [-0.39, 0.29) is 5.91 Å². The highest BCUT2D eigenvalue weighted by Crippen LogP contribution is 2.24. The Hall–Kier alpha value is -1.88. The van der Waals surface area contributed by atoms with Crippen LogP contribution < -0.4 is 10.1 Å². The molecule has 0 bridgehead atoms. The molecule has 1 N–H and O–H groups in total. The first-order valence-corrected chi connectivity index (χ1v) is 6.65. The number of aromatic nitrogens is 1. The van der Waals surface area contributed by atoms with Crippen LogP contribution >= 0.6 is 15.9 Å². The van der Waals surface area contributed by atoms with E-state index in [4.69, 9.17) is 4.74 Å². The molecule has 1 amide bonds. The van der Waals surface area contributed by atoms with Crippen LogP contribution in [-0.2, 0) is 0 Å². The SMILES string of the molecule is CCOc1ccccc1NC(=O)c1cccc(Br)n1. The average Bonchev–Trinajstić information content (AvgIpc) is 2.41. The molecule has 0 spiro atoms. The number of halogens is 1. The van der Waals surface area contributed by atoms with Gasteiger partial charge in [-0.3, -0.25) is 4.79 Å². The first-order chi connectivity index (χ1) is 9.20. The third-order valence-corrected chi connectivity index (χ3v) is 2.82. The zero-order valence-corrected chi connectivity index (χ0v) is 12.0. The summed E-state index contributed by atoms with van der Waals surface area (Å²) >= 11 is 3.24. The molecule has 19 heavy (non-hydrogen) atoms. The van der Waals surface area contributed by atoms with Crippen LogP contribution in [0.1, 0.15) is 17.4 Å². The molecule has 0 radical (unpaired) electrons. The summed E-state index contributed by atoms with van der Waals surface area (Å²) in [6.45, 7) is 2.44. The maximum absolute atomic E-state index is 12.1.